The van der Waals surface area contributed by atoms with Gasteiger partial charge in [-0.3, -0.25) is 0 Å². The highest BCUT2D eigenvalue weighted by atomic mass is 15.0. The molecule has 0 amide bonds. The zero-order valence-electron chi connectivity index (χ0n) is 8.44. The van der Waals surface area contributed by atoms with E-state index in [1.165, 1.54) is 0 Å². The third-order valence-corrected chi connectivity index (χ3v) is 1.96. The number of rotatable bonds is 2. The summed E-state index contributed by atoms with van der Waals surface area (Å²) >= 11 is 0. The van der Waals surface area contributed by atoms with Crippen LogP contribution in [0.5, 0.6) is 0 Å². The molecule has 0 radical (unpaired) electrons. The molecular formula is C11H12N4. The van der Waals surface area contributed by atoms with Crippen molar-refractivity contribution in [2.75, 3.05) is 11.1 Å². The SMILES string of the molecule is Cc1nccc(Nc2ccc(N)cc2)n1. The molecule has 0 aliphatic heterocycles. The highest BCUT2D eigenvalue weighted by molar-refractivity contribution is 5.58. The van der Waals surface area contributed by atoms with Crippen molar-refractivity contribution in [1.82, 2.24) is 9.97 Å². The van der Waals surface area contributed by atoms with Gasteiger partial charge < -0.3 is 11.1 Å². The van der Waals surface area contributed by atoms with E-state index in [9.17, 15) is 0 Å². The monoisotopic (exact) mass is 200 g/mol. The summed E-state index contributed by atoms with van der Waals surface area (Å²) in [6.45, 7) is 1.86. The molecule has 1 aromatic carbocycles. The highest BCUT2D eigenvalue weighted by Crippen LogP contribution is 2.15. The van der Waals surface area contributed by atoms with Crippen LogP contribution in [0.1, 0.15) is 5.82 Å². The van der Waals surface area contributed by atoms with Crippen LogP contribution in [0, 0.1) is 6.92 Å². The first-order valence-electron chi connectivity index (χ1n) is 4.66. The molecule has 76 valence electrons. The normalized spacial score (nSPS) is 9.93. The zero-order chi connectivity index (χ0) is 10.7. The Kier molecular flexibility index (Phi) is 2.49. The number of anilines is 3. The summed E-state index contributed by atoms with van der Waals surface area (Å²) in [4.78, 5) is 8.26. The molecule has 1 aromatic heterocycles. The second-order valence-corrected chi connectivity index (χ2v) is 3.24. The van der Waals surface area contributed by atoms with E-state index in [1.807, 2.05) is 37.3 Å². The molecule has 0 fully saturated rings. The number of nitrogen functional groups attached to an aromatic ring is 1. The summed E-state index contributed by atoms with van der Waals surface area (Å²) in [6, 6.07) is 9.33. The second kappa shape index (κ2) is 3.96. The lowest BCUT2D eigenvalue weighted by Crippen LogP contribution is -1.96. The molecule has 4 nitrogen and oxygen atoms in total. The standard InChI is InChI=1S/C11H12N4/c1-8-13-7-6-11(14-8)15-10-4-2-9(12)3-5-10/h2-7H,12H2,1H3,(H,13,14,15). The number of benzene rings is 1. The van der Waals surface area contributed by atoms with Crippen molar-refractivity contribution >= 4 is 17.2 Å². The van der Waals surface area contributed by atoms with Gasteiger partial charge in [-0.1, -0.05) is 0 Å². The van der Waals surface area contributed by atoms with Gasteiger partial charge in [0.2, 0.25) is 0 Å². The van der Waals surface area contributed by atoms with Crippen molar-refractivity contribution in [3.8, 4) is 0 Å². The van der Waals surface area contributed by atoms with E-state index in [0.717, 1.165) is 23.0 Å². The molecule has 2 rings (SSSR count). The molecule has 0 aliphatic carbocycles. The van der Waals surface area contributed by atoms with E-state index < -0.39 is 0 Å². The Morgan fingerprint density at radius 1 is 1.13 bits per heavy atom. The maximum absolute atomic E-state index is 5.59. The number of aryl methyl sites for hydroxylation is 1. The van der Waals surface area contributed by atoms with Gasteiger partial charge in [-0.25, -0.2) is 9.97 Å². The lowest BCUT2D eigenvalue weighted by Gasteiger charge is -2.05. The third kappa shape index (κ3) is 2.43. The van der Waals surface area contributed by atoms with Crippen molar-refractivity contribution in [3.63, 3.8) is 0 Å². The van der Waals surface area contributed by atoms with E-state index in [2.05, 4.69) is 15.3 Å². The van der Waals surface area contributed by atoms with Crippen molar-refractivity contribution in [2.24, 2.45) is 0 Å². The first-order valence-corrected chi connectivity index (χ1v) is 4.66. The second-order valence-electron chi connectivity index (χ2n) is 3.24. The largest absolute Gasteiger partial charge is 0.399 e. The minimum absolute atomic E-state index is 0.746. The van der Waals surface area contributed by atoms with Crippen LogP contribution in [0.25, 0.3) is 0 Å². The minimum atomic E-state index is 0.746. The molecule has 15 heavy (non-hydrogen) atoms. The number of nitrogens with two attached hydrogens (primary N) is 1. The molecule has 0 spiro atoms. The van der Waals surface area contributed by atoms with Crippen LogP contribution in [0.15, 0.2) is 36.5 Å². The Bertz CT molecular complexity index is 450. The summed E-state index contributed by atoms with van der Waals surface area (Å²) in [5.74, 6) is 1.53. The number of hydrogen-bond donors (Lipinski definition) is 2. The third-order valence-electron chi connectivity index (χ3n) is 1.96. The minimum Gasteiger partial charge on any atom is -0.399 e. The maximum atomic E-state index is 5.59. The van der Waals surface area contributed by atoms with Crippen molar-refractivity contribution in [1.29, 1.82) is 0 Å². The Morgan fingerprint density at radius 2 is 1.87 bits per heavy atom. The average Bonchev–Trinajstić information content (AvgIpc) is 2.22. The Morgan fingerprint density at radius 3 is 2.53 bits per heavy atom. The molecule has 0 aliphatic rings. The molecule has 2 aromatic rings. The van der Waals surface area contributed by atoms with Crippen LogP contribution in [0.2, 0.25) is 0 Å². The van der Waals surface area contributed by atoms with Crippen molar-refractivity contribution in [3.05, 3.63) is 42.4 Å². The Balaban J connectivity index is 2.18. The summed E-state index contributed by atoms with van der Waals surface area (Å²) in [7, 11) is 0. The molecule has 3 N–H and O–H groups in total. The fraction of sp³-hybridized carbons (Fsp3) is 0.0909. The predicted octanol–water partition coefficient (Wildman–Crippen LogP) is 2.11. The van der Waals surface area contributed by atoms with Gasteiger partial charge in [0.1, 0.15) is 11.6 Å². The molecule has 0 saturated heterocycles. The van der Waals surface area contributed by atoms with Gasteiger partial charge in [-0.05, 0) is 37.3 Å². The van der Waals surface area contributed by atoms with Crippen molar-refractivity contribution in [2.45, 2.75) is 6.92 Å². The fourth-order valence-electron chi connectivity index (χ4n) is 1.24. The van der Waals surface area contributed by atoms with E-state index in [-0.39, 0.29) is 0 Å². The fourth-order valence-corrected chi connectivity index (χ4v) is 1.24. The van der Waals surface area contributed by atoms with Crippen molar-refractivity contribution < 1.29 is 0 Å². The predicted molar refractivity (Wildman–Crippen MR) is 60.9 cm³/mol. The molecule has 4 heteroatoms. The number of hydrogen-bond acceptors (Lipinski definition) is 4. The van der Waals surface area contributed by atoms with Gasteiger partial charge in [-0.2, -0.15) is 0 Å². The van der Waals surface area contributed by atoms with Gasteiger partial charge in [-0.15, -0.1) is 0 Å². The van der Waals surface area contributed by atoms with Gasteiger partial charge in [0.05, 0.1) is 0 Å². The Labute approximate surface area is 88.2 Å². The van der Waals surface area contributed by atoms with Crippen LogP contribution in [0.3, 0.4) is 0 Å². The summed E-state index contributed by atoms with van der Waals surface area (Å²) in [6.07, 6.45) is 1.72. The lowest BCUT2D eigenvalue weighted by molar-refractivity contribution is 1.06. The lowest BCUT2D eigenvalue weighted by atomic mass is 10.3. The van der Waals surface area contributed by atoms with E-state index in [4.69, 9.17) is 5.73 Å². The summed E-state index contributed by atoms with van der Waals surface area (Å²) < 4.78 is 0. The molecule has 1 heterocycles. The average molecular weight is 200 g/mol. The van der Waals surface area contributed by atoms with E-state index >= 15 is 0 Å². The maximum Gasteiger partial charge on any atom is 0.134 e. The summed E-state index contributed by atoms with van der Waals surface area (Å²) in [5, 5.41) is 3.17. The molecule has 0 bridgehead atoms. The van der Waals surface area contributed by atoms with Gasteiger partial charge in [0.15, 0.2) is 0 Å². The van der Waals surface area contributed by atoms with E-state index in [0.29, 0.717) is 0 Å². The Hall–Kier alpha value is -2.10. The van der Waals surface area contributed by atoms with Gasteiger partial charge in [0, 0.05) is 17.6 Å². The van der Waals surface area contributed by atoms with E-state index in [1.54, 1.807) is 6.20 Å². The van der Waals surface area contributed by atoms with Gasteiger partial charge >= 0.3 is 0 Å². The van der Waals surface area contributed by atoms with Crippen LogP contribution in [-0.4, -0.2) is 9.97 Å². The number of aromatic nitrogens is 2. The highest BCUT2D eigenvalue weighted by Gasteiger charge is 1.96. The molecular weight excluding hydrogens is 188 g/mol. The number of nitrogens with one attached hydrogen (secondary N) is 1. The topological polar surface area (TPSA) is 63.8 Å². The van der Waals surface area contributed by atoms with Crippen LogP contribution >= 0.6 is 0 Å². The van der Waals surface area contributed by atoms with Crippen LogP contribution in [-0.2, 0) is 0 Å². The van der Waals surface area contributed by atoms with Crippen LogP contribution in [0.4, 0.5) is 17.2 Å². The first-order chi connectivity index (χ1) is 7.24. The molecule has 0 atom stereocenters. The first kappa shape index (κ1) is 9.45. The quantitative estimate of drug-likeness (QED) is 0.729. The number of nitrogens with zero attached hydrogens (tertiary/aromatic N) is 2. The zero-order valence-corrected chi connectivity index (χ0v) is 8.44. The van der Waals surface area contributed by atoms with Gasteiger partial charge in [0.25, 0.3) is 0 Å². The summed E-state index contributed by atoms with van der Waals surface area (Å²) in [5.41, 5.74) is 7.30. The smallest absolute Gasteiger partial charge is 0.134 e. The molecule has 0 saturated carbocycles. The molecule has 0 unspecified atom stereocenters. The van der Waals surface area contributed by atoms with Crippen LogP contribution < -0.4 is 11.1 Å².